The molecule has 3 heterocycles. The van der Waals surface area contributed by atoms with Crippen LogP contribution < -0.4 is 10.2 Å². The Bertz CT molecular complexity index is 577. The Balaban J connectivity index is 1.47. The van der Waals surface area contributed by atoms with Crippen molar-refractivity contribution in [1.29, 1.82) is 0 Å². The van der Waals surface area contributed by atoms with E-state index in [1.807, 2.05) is 19.9 Å². The molecule has 1 aromatic heterocycles. The van der Waals surface area contributed by atoms with Gasteiger partial charge in [0.15, 0.2) is 0 Å². The van der Waals surface area contributed by atoms with E-state index in [1.165, 1.54) is 19.4 Å². The van der Waals surface area contributed by atoms with Crippen LogP contribution in [0.3, 0.4) is 0 Å². The van der Waals surface area contributed by atoms with Gasteiger partial charge in [-0.2, -0.15) is 0 Å². The standard InChI is InChI=1S/C19H31N5O/c1-4-23-9-5-6-17(23)13-20-18(25)16-7-10-24(11-8-16)19-21-14(2)12-15(3)22-19/h12,16-17H,4-11,13H2,1-3H3,(H,20,25). The molecule has 0 radical (unpaired) electrons. The van der Waals surface area contributed by atoms with E-state index in [4.69, 9.17) is 0 Å². The summed E-state index contributed by atoms with van der Waals surface area (Å²) >= 11 is 0. The molecule has 2 aliphatic heterocycles. The molecule has 3 rings (SSSR count). The predicted molar refractivity (Wildman–Crippen MR) is 99.7 cm³/mol. The number of rotatable bonds is 5. The summed E-state index contributed by atoms with van der Waals surface area (Å²) in [7, 11) is 0. The Labute approximate surface area is 151 Å². The van der Waals surface area contributed by atoms with Crippen molar-refractivity contribution in [3.8, 4) is 0 Å². The molecule has 6 heteroatoms. The summed E-state index contributed by atoms with van der Waals surface area (Å²) in [5, 5.41) is 3.20. The first kappa shape index (κ1) is 18.1. The summed E-state index contributed by atoms with van der Waals surface area (Å²) in [6, 6.07) is 2.52. The number of carbonyl (C=O) groups excluding carboxylic acids is 1. The summed E-state index contributed by atoms with van der Waals surface area (Å²) in [5.41, 5.74) is 2.00. The molecular weight excluding hydrogens is 314 g/mol. The molecule has 0 spiro atoms. The van der Waals surface area contributed by atoms with Gasteiger partial charge in [-0.25, -0.2) is 9.97 Å². The third-order valence-corrected chi connectivity index (χ3v) is 5.54. The normalized spacial score (nSPS) is 22.4. The third kappa shape index (κ3) is 4.48. The summed E-state index contributed by atoms with van der Waals surface area (Å²) in [4.78, 5) is 26.3. The van der Waals surface area contributed by atoms with Crippen molar-refractivity contribution >= 4 is 11.9 Å². The molecule has 0 aromatic carbocycles. The zero-order valence-corrected chi connectivity index (χ0v) is 15.8. The Hall–Kier alpha value is -1.69. The van der Waals surface area contributed by atoms with Gasteiger partial charge in [-0.1, -0.05) is 6.92 Å². The van der Waals surface area contributed by atoms with E-state index in [0.29, 0.717) is 6.04 Å². The fraction of sp³-hybridized carbons (Fsp3) is 0.737. The Morgan fingerprint density at radius 2 is 1.84 bits per heavy atom. The average molecular weight is 345 g/mol. The number of carbonyl (C=O) groups is 1. The highest BCUT2D eigenvalue weighted by Gasteiger charge is 2.28. The van der Waals surface area contributed by atoms with Crippen LogP contribution >= 0.6 is 0 Å². The number of anilines is 1. The van der Waals surface area contributed by atoms with Crippen molar-refractivity contribution in [2.24, 2.45) is 5.92 Å². The summed E-state index contributed by atoms with van der Waals surface area (Å²) < 4.78 is 0. The van der Waals surface area contributed by atoms with E-state index < -0.39 is 0 Å². The van der Waals surface area contributed by atoms with Gasteiger partial charge in [0.2, 0.25) is 11.9 Å². The lowest BCUT2D eigenvalue weighted by Crippen LogP contribution is -2.45. The van der Waals surface area contributed by atoms with Crippen LogP contribution in [-0.4, -0.2) is 59.5 Å². The van der Waals surface area contributed by atoms with Gasteiger partial charge in [0, 0.05) is 43.0 Å². The second-order valence-electron chi connectivity index (χ2n) is 7.38. The van der Waals surface area contributed by atoms with E-state index in [2.05, 4.69) is 32.0 Å². The number of aromatic nitrogens is 2. The number of hydrogen-bond donors (Lipinski definition) is 1. The van der Waals surface area contributed by atoms with E-state index in [-0.39, 0.29) is 11.8 Å². The molecule has 2 aliphatic rings. The molecule has 2 fully saturated rings. The van der Waals surface area contributed by atoms with Crippen LogP contribution in [0.4, 0.5) is 5.95 Å². The van der Waals surface area contributed by atoms with Crippen molar-refractivity contribution < 1.29 is 4.79 Å². The molecule has 1 N–H and O–H groups in total. The Morgan fingerprint density at radius 1 is 1.16 bits per heavy atom. The van der Waals surface area contributed by atoms with Crippen molar-refractivity contribution in [2.45, 2.75) is 52.5 Å². The van der Waals surface area contributed by atoms with E-state index >= 15 is 0 Å². The monoisotopic (exact) mass is 345 g/mol. The molecule has 0 saturated carbocycles. The maximum Gasteiger partial charge on any atom is 0.225 e. The average Bonchev–Trinajstić information content (AvgIpc) is 3.06. The van der Waals surface area contributed by atoms with Gasteiger partial charge in [-0.3, -0.25) is 9.69 Å². The second kappa shape index (κ2) is 8.13. The minimum absolute atomic E-state index is 0.124. The molecule has 25 heavy (non-hydrogen) atoms. The molecule has 1 aromatic rings. The van der Waals surface area contributed by atoms with E-state index in [1.54, 1.807) is 0 Å². The predicted octanol–water partition coefficient (Wildman–Crippen LogP) is 1.91. The quantitative estimate of drug-likeness (QED) is 0.883. The van der Waals surface area contributed by atoms with Crippen LogP contribution in [0.2, 0.25) is 0 Å². The van der Waals surface area contributed by atoms with Crippen LogP contribution in [0.1, 0.15) is 44.0 Å². The highest BCUT2D eigenvalue weighted by Crippen LogP contribution is 2.22. The Kier molecular flexibility index (Phi) is 5.89. The van der Waals surface area contributed by atoms with E-state index in [9.17, 15) is 4.79 Å². The third-order valence-electron chi connectivity index (χ3n) is 5.54. The lowest BCUT2D eigenvalue weighted by Gasteiger charge is -2.32. The van der Waals surface area contributed by atoms with Crippen LogP contribution in [0.25, 0.3) is 0 Å². The molecule has 1 unspecified atom stereocenters. The number of amides is 1. The van der Waals surface area contributed by atoms with Crippen molar-refractivity contribution in [3.05, 3.63) is 17.5 Å². The number of hydrogen-bond acceptors (Lipinski definition) is 5. The number of piperidine rings is 1. The highest BCUT2D eigenvalue weighted by molar-refractivity contribution is 5.79. The van der Waals surface area contributed by atoms with Gasteiger partial charge in [-0.05, 0) is 58.7 Å². The van der Waals surface area contributed by atoms with Crippen molar-refractivity contribution in [3.63, 3.8) is 0 Å². The van der Waals surface area contributed by atoms with Crippen LogP contribution in [0.15, 0.2) is 6.07 Å². The maximum absolute atomic E-state index is 12.5. The maximum atomic E-state index is 12.5. The largest absolute Gasteiger partial charge is 0.354 e. The number of likely N-dealkylation sites (N-methyl/N-ethyl adjacent to an activating group) is 1. The molecule has 6 nitrogen and oxygen atoms in total. The zero-order chi connectivity index (χ0) is 17.8. The first-order chi connectivity index (χ1) is 12.1. The van der Waals surface area contributed by atoms with E-state index in [0.717, 1.165) is 56.4 Å². The summed E-state index contributed by atoms with van der Waals surface area (Å²) in [6.45, 7) is 11.0. The van der Waals surface area contributed by atoms with Gasteiger partial charge < -0.3 is 10.2 Å². The molecular formula is C19H31N5O. The summed E-state index contributed by atoms with van der Waals surface area (Å²) in [5.74, 6) is 1.16. The molecule has 0 bridgehead atoms. The minimum atomic E-state index is 0.124. The number of aryl methyl sites for hydroxylation is 2. The SMILES string of the molecule is CCN1CCCC1CNC(=O)C1CCN(c2nc(C)cc(C)n2)CC1. The molecule has 2 saturated heterocycles. The van der Waals surface area contributed by atoms with Crippen molar-refractivity contribution in [1.82, 2.24) is 20.2 Å². The van der Waals surface area contributed by atoms with Crippen LogP contribution in [0.5, 0.6) is 0 Å². The van der Waals surface area contributed by atoms with Crippen LogP contribution in [0, 0.1) is 19.8 Å². The zero-order valence-electron chi connectivity index (χ0n) is 15.8. The summed E-state index contributed by atoms with van der Waals surface area (Å²) in [6.07, 6.45) is 4.22. The smallest absolute Gasteiger partial charge is 0.225 e. The topological polar surface area (TPSA) is 61.4 Å². The number of likely N-dealkylation sites (tertiary alicyclic amines) is 1. The molecule has 1 atom stereocenters. The van der Waals surface area contributed by atoms with Gasteiger partial charge >= 0.3 is 0 Å². The first-order valence-electron chi connectivity index (χ1n) is 9.65. The van der Waals surface area contributed by atoms with Crippen molar-refractivity contribution in [2.75, 3.05) is 37.6 Å². The van der Waals surface area contributed by atoms with Gasteiger partial charge in [0.25, 0.3) is 0 Å². The first-order valence-corrected chi connectivity index (χ1v) is 9.65. The molecule has 138 valence electrons. The lowest BCUT2D eigenvalue weighted by atomic mass is 9.96. The minimum Gasteiger partial charge on any atom is -0.354 e. The lowest BCUT2D eigenvalue weighted by molar-refractivity contribution is -0.125. The molecule has 1 amide bonds. The van der Waals surface area contributed by atoms with Gasteiger partial charge in [-0.15, -0.1) is 0 Å². The number of nitrogens with zero attached hydrogens (tertiary/aromatic N) is 4. The second-order valence-corrected chi connectivity index (χ2v) is 7.38. The fourth-order valence-corrected chi connectivity index (χ4v) is 4.10. The Morgan fingerprint density at radius 3 is 2.48 bits per heavy atom. The van der Waals surface area contributed by atoms with Gasteiger partial charge in [0.05, 0.1) is 0 Å². The fourth-order valence-electron chi connectivity index (χ4n) is 4.10. The van der Waals surface area contributed by atoms with Gasteiger partial charge in [0.1, 0.15) is 0 Å². The molecule has 0 aliphatic carbocycles. The highest BCUT2D eigenvalue weighted by atomic mass is 16.1. The number of nitrogens with one attached hydrogen (secondary N) is 1. The van der Waals surface area contributed by atoms with Crippen LogP contribution in [-0.2, 0) is 4.79 Å².